The molecule has 1 heterocycles. The van der Waals surface area contributed by atoms with E-state index in [-0.39, 0.29) is 18.2 Å². The number of amides is 1. The number of hydrogen-bond acceptors (Lipinski definition) is 3. The van der Waals surface area contributed by atoms with Gasteiger partial charge in [-0.25, -0.2) is 0 Å². The molecule has 0 spiro atoms. The van der Waals surface area contributed by atoms with Crippen molar-refractivity contribution in [3.63, 3.8) is 0 Å². The lowest BCUT2D eigenvalue weighted by Crippen LogP contribution is -2.22. The number of carboxylic acid groups (broad SMARTS) is 1. The molecule has 102 valence electrons. The van der Waals surface area contributed by atoms with Crippen molar-refractivity contribution in [1.82, 2.24) is 0 Å². The zero-order valence-corrected chi connectivity index (χ0v) is 11.4. The standard InChI is InChI=1S/C14H17NO3S/c16-13(17)6-3-10-1-4-12(5-2-10)15-14(18)11-7-8-19-9-11/h1-2,4-5,11H,3,6-9H2,(H,15,18)(H,16,17). The first kappa shape index (κ1) is 13.9. The molecule has 0 aliphatic carbocycles. The fourth-order valence-corrected chi connectivity index (χ4v) is 3.21. The van der Waals surface area contributed by atoms with E-state index in [1.165, 1.54) is 0 Å². The number of carbonyl (C=O) groups is 2. The van der Waals surface area contributed by atoms with Crippen LogP contribution in [0.3, 0.4) is 0 Å². The molecule has 1 unspecified atom stereocenters. The molecular formula is C14H17NO3S. The lowest BCUT2D eigenvalue weighted by Gasteiger charge is -2.10. The summed E-state index contributed by atoms with van der Waals surface area (Å²) >= 11 is 1.82. The van der Waals surface area contributed by atoms with E-state index in [1.807, 2.05) is 36.0 Å². The summed E-state index contributed by atoms with van der Waals surface area (Å²) in [5.74, 6) is 1.38. The molecule has 0 radical (unpaired) electrons. The minimum Gasteiger partial charge on any atom is -0.481 e. The average Bonchev–Trinajstić information content (AvgIpc) is 2.92. The Balaban J connectivity index is 1.87. The van der Waals surface area contributed by atoms with E-state index in [0.717, 1.165) is 29.2 Å². The second kappa shape index (κ2) is 6.61. The lowest BCUT2D eigenvalue weighted by atomic mass is 10.1. The highest BCUT2D eigenvalue weighted by Crippen LogP contribution is 2.24. The lowest BCUT2D eigenvalue weighted by molar-refractivity contribution is -0.137. The van der Waals surface area contributed by atoms with Gasteiger partial charge in [-0.2, -0.15) is 11.8 Å². The SMILES string of the molecule is O=C(O)CCc1ccc(NC(=O)C2CCSC2)cc1. The van der Waals surface area contributed by atoms with Gasteiger partial charge in [0.1, 0.15) is 0 Å². The highest BCUT2D eigenvalue weighted by molar-refractivity contribution is 7.99. The van der Waals surface area contributed by atoms with Crippen molar-refractivity contribution < 1.29 is 14.7 Å². The Morgan fingerprint density at radius 2 is 2.05 bits per heavy atom. The van der Waals surface area contributed by atoms with Gasteiger partial charge in [-0.15, -0.1) is 0 Å². The number of hydrogen-bond donors (Lipinski definition) is 2. The van der Waals surface area contributed by atoms with Gasteiger partial charge in [0.05, 0.1) is 0 Å². The van der Waals surface area contributed by atoms with Crippen LogP contribution in [0.4, 0.5) is 5.69 Å². The van der Waals surface area contributed by atoms with Crippen molar-refractivity contribution in [3.05, 3.63) is 29.8 Å². The third kappa shape index (κ3) is 4.28. The molecule has 4 nitrogen and oxygen atoms in total. The average molecular weight is 279 g/mol. The maximum Gasteiger partial charge on any atom is 0.303 e. The molecule has 1 atom stereocenters. The van der Waals surface area contributed by atoms with Crippen molar-refractivity contribution in [2.24, 2.45) is 5.92 Å². The molecular weight excluding hydrogens is 262 g/mol. The number of carboxylic acids is 1. The van der Waals surface area contributed by atoms with Gasteiger partial charge in [0, 0.05) is 23.8 Å². The zero-order valence-electron chi connectivity index (χ0n) is 10.6. The van der Waals surface area contributed by atoms with Gasteiger partial charge in [0.15, 0.2) is 0 Å². The van der Waals surface area contributed by atoms with Gasteiger partial charge in [0.25, 0.3) is 0 Å². The van der Waals surface area contributed by atoms with E-state index in [2.05, 4.69) is 5.32 Å². The molecule has 1 fully saturated rings. The Bertz CT molecular complexity index is 452. The second-order valence-electron chi connectivity index (χ2n) is 4.64. The van der Waals surface area contributed by atoms with Crippen LogP contribution in [0.1, 0.15) is 18.4 Å². The topological polar surface area (TPSA) is 66.4 Å². The number of aryl methyl sites for hydroxylation is 1. The molecule has 5 heteroatoms. The normalized spacial score (nSPS) is 18.2. The molecule has 1 aromatic rings. The maximum atomic E-state index is 11.9. The van der Waals surface area contributed by atoms with Crippen molar-refractivity contribution in [2.45, 2.75) is 19.3 Å². The van der Waals surface area contributed by atoms with E-state index >= 15 is 0 Å². The molecule has 1 saturated heterocycles. The van der Waals surface area contributed by atoms with Gasteiger partial charge in [0.2, 0.25) is 5.91 Å². The van der Waals surface area contributed by atoms with Crippen molar-refractivity contribution in [1.29, 1.82) is 0 Å². The monoisotopic (exact) mass is 279 g/mol. The summed E-state index contributed by atoms with van der Waals surface area (Å²) in [6.07, 6.45) is 1.60. The highest BCUT2D eigenvalue weighted by atomic mass is 32.2. The summed E-state index contributed by atoms with van der Waals surface area (Å²) in [6, 6.07) is 7.39. The Labute approximate surface area is 116 Å². The summed E-state index contributed by atoms with van der Waals surface area (Å²) < 4.78 is 0. The second-order valence-corrected chi connectivity index (χ2v) is 5.79. The van der Waals surface area contributed by atoms with E-state index < -0.39 is 5.97 Å². The summed E-state index contributed by atoms with van der Waals surface area (Å²) in [6.45, 7) is 0. The minimum absolute atomic E-state index is 0.0864. The third-order valence-corrected chi connectivity index (χ3v) is 4.31. The summed E-state index contributed by atoms with van der Waals surface area (Å²) in [5, 5.41) is 11.5. The van der Waals surface area contributed by atoms with Crippen LogP contribution < -0.4 is 5.32 Å². The number of thioether (sulfide) groups is 1. The molecule has 2 N–H and O–H groups in total. The molecule has 19 heavy (non-hydrogen) atoms. The van der Waals surface area contributed by atoms with Crippen molar-refractivity contribution >= 4 is 29.3 Å². The Morgan fingerprint density at radius 1 is 1.32 bits per heavy atom. The fraction of sp³-hybridized carbons (Fsp3) is 0.429. The van der Waals surface area contributed by atoms with E-state index in [9.17, 15) is 9.59 Å². The molecule has 0 bridgehead atoms. The Kier molecular flexibility index (Phi) is 4.85. The van der Waals surface area contributed by atoms with Crippen LogP contribution in [0.2, 0.25) is 0 Å². The minimum atomic E-state index is -0.795. The van der Waals surface area contributed by atoms with Gasteiger partial charge >= 0.3 is 5.97 Å². The van der Waals surface area contributed by atoms with E-state index in [0.29, 0.717) is 6.42 Å². The largest absolute Gasteiger partial charge is 0.481 e. The molecule has 1 aromatic carbocycles. The van der Waals surface area contributed by atoms with Crippen LogP contribution >= 0.6 is 11.8 Å². The van der Waals surface area contributed by atoms with Crippen LogP contribution in [0, 0.1) is 5.92 Å². The highest BCUT2D eigenvalue weighted by Gasteiger charge is 2.22. The third-order valence-electron chi connectivity index (χ3n) is 3.15. The van der Waals surface area contributed by atoms with Crippen LogP contribution in [-0.4, -0.2) is 28.5 Å². The van der Waals surface area contributed by atoms with E-state index in [1.54, 1.807) is 0 Å². The van der Waals surface area contributed by atoms with Gasteiger partial charge in [-0.1, -0.05) is 12.1 Å². The predicted octanol–water partition coefficient (Wildman–Crippen LogP) is 2.40. The van der Waals surface area contributed by atoms with Crippen LogP contribution in [0.25, 0.3) is 0 Å². The number of nitrogens with one attached hydrogen (secondary N) is 1. The van der Waals surface area contributed by atoms with Crippen molar-refractivity contribution in [3.8, 4) is 0 Å². The Morgan fingerprint density at radius 3 is 2.63 bits per heavy atom. The van der Waals surface area contributed by atoms with E-state index in [4.69, 9.17) is 5.11 Å². The summed E-state index contributed by atoms with van der Waals surface area (Å²) in [5.41, 5.74) is 1.75. The van der Waals surface area contributed by atoms with Crippen molar-refractivity contribution in [2.75, 3.05) is 16.8 Å². The van der Waals surface area contributed by atoms with Gasteiger partial charge in [-0.3, -0.25) is 9.59 Å². The molecule has 2 rings (SSSR count). The smallest absolute Gasteiger partial charge is 0.303 e. The molecule has 1 aliphatic rings. The quantitative estimate of drug-likeness (QED) is 0.868. The number of anilines is 1. The number of carbonyl (C=O) groups excluding carboxylic acids is 1. The Hall–Kier alpha value is -1.49. The maximum absolute atomic E-state index is 11.9. The number of aliphatic carboxylic acids is 1. The molecule has 0 aromatic heterocycles. The summed E-state index contributed by atoms with van der Waals surface area (Å²) in [7, 11) is 0. The first-order valence-electron chi connectivity index (χ1n) is 6.34. The summed E-state index contributed by atoms with van der Waals surface area (Å²) in [4.78, 5) is 22.4. The zero-order chi connectivity index (χ0) is 13.7. The molecule has 1 aliphatic heterocycles. The van der Waals surface area contributed by atoms with Gasteiger partial charge < -0.3 is 10.4 Å². The molecule has 1 amide bonds. The first-order chi connectivity index (χ1) is 9.15. The predicted molar refractivity (Wildman–Crippen MR) is 76.5 cm³/mol. The fourth-order valence-electron chi connectivity index (χ4n) is 1.99. The van der Waals surface area contributed by atoms with Gasteiger partial charge in [-0.05, 0) is 36.3 Å². The first-order valence-corrected chi connectivity index (χ1v) is 7.50. The number of rotatable bonds is 5. The molecule has 0 saturated carbocycles. The van der Waals surface area contributed by atoms with Crippen LogP contribution in [0.5, 0.6) is 0 Å². The number of benzene rings is 1. The van der Waals surface area contributed by atoms with Crippen LogP contribution in [-0.2, 0) is 16.0 Å². The van der Waals surface area contributed by atoms with Crippen LogP contribution in [0.15, 0.2) is 24.3 Å².